The Morgan fingerprint density at radius 2 is 2.22 bits per heavy atom. The van der Waals surface area contributed by atoms with Gasteiger partial charge >= 0.3 is 0 Å². The highest BCUT2D eigenvalue weighted by molar-refractivity contribution is 5.93. The van der Waals surface area contributed by atoms with Gasteiger partial charge in [0.25, 0.3) is 5.69 Å². The van der Waals surface area contributed by atoms with E-state index in [2.05, 4.69) is 15.0 Å². The summed E-state index contributed by atoms with van der Waals surface area (Å²) in [4.78, 5) is 21.4. The van der Waals surface area contributed by atoms with Gasteiger partial charge in [0, 0.05) is 35.5 Å². The summed E-state index contributed by atoms with van der Waals surface area (Å²) in [7, 11) is 0. The van der Waals surface area contributed by atoms with Crippen molar-refractivity contribution in [1.29, 1.82) is 0 Å². The molecular formula is C12H8N4O2. The third kappa shape index (κ3) is 1.60. The molecule has 88 valence electrons. The van der Waals surface area contributed by atoms with E-state index < -0.39 is 4.92 Å². The van der Waals surface area contributed by atoms with E-state index in [0.29, 0.717) is 5.65 Å². The molecular weight excluding hydrogens is 232 g/mol. The highest BCUT2D eigenvalue weighted by Gasteiger charge is 2.10. The maximum absolute atomic E-state index is 10.8. The normalized spacial score (nSPS) is 10.7. The van der Waals surface area contributed by atoms with Crippen LogP contribution in [0.25, 0.3) is 22.2 Å². The fourth-order valence-corrected chi connectivity index (χ4v) is 1.89. The van der Waals surface area contributed by atoms with Crippen LogP contribution in [0.4, 0.5) is 5.69 Å². The summed E-state index contributed by atoms with van der Waals surface area (Å²) >= 11 is 0. The van der Waals surface area contributed by atoms with Crippen molar-refractivity contribution >= 4 is 16.7 Å². The van der Waals surface area contributed by atoms with Crippen molar-refractivity contribution in [3.8, 4) is 11.1 Å². The molecule has 2 aromatic heterocycles. The first kappa shape index (κ1) is 10.4. The van der Waals surface area contributed by atoms with Gasteiger partial charge in [-0.25, -0.2) is 9.97 Å². The number of nitro groups is 1. The second-order valence-electron chi connectivity index (χ2n) is 3.79. The zero-order chi connectivity index (χ0) is 12.5. The van der Waals surface area contributed by atoms with E-state index in [0.717, 1.165) is 16.5 Å². The number of aromatic amines is 1. The smallest absolute Gasteiger partial charge is 0.270 e. The topological polar surface area (TPSA) is 84.7 Å². The average molecular weight is 240 g/mol. The second-order valence-corrected chi connectivity index (χ2v) is 3.79. The Kier molecular flexibility index (Phi) is 2.26. The molecule has 0 aliphatic heterocycles. The van der Waals surface area contributed by atoms with Gasteiger partial charge in [0.15, 0.2) is 0 Å². The van der Waals surface area contributed by atoms with Crippen LogP contribution in [0, 0.1) is 10.1 Å². The molecule has 0 unspecified atom stereocenters. The third-order valence-electron chi connectivity index (χ3n) is 2.72. The van der Waals surface area contributed by atoms with Crippen molar-refractivity contribution in [1.82, 2.24) is 15.0 Å². The molecule has 1 aromatic carbocycles. The molecule has 1 N–H and O–H groups in total. The number of rotatable bonds is 2. The highest BCUT2D eigenvalue weighted by Crippen LogP contribution is 2.29. The largest absolute Gasteiger partial charge is 0.345 e. The standard InChI is InChI=1S/C12H8N4O2/c17-16(18)9-3-1-2-8(4-9)10-6-14-12-11(10)5-13-7-15-12/h1-7H,(H,13,14,15). The van der Waals surface area contributed by atoms with Gasteiger partial charge in [-0.2, -0.15) is 0 Å². The molecule has 6 heteroatoms. The van der Waals surface area contributed by atoms with E-state index >= 15 is 0 Å². The molecule has 0 amide bonds. The number of nitrogens with one attached hydrogen (secondary N) is 1. The summed E-state index contributed by atoms with van der Waals surface area (Å²) in [6.45, 7) is 0. The lowest BCUT2D eigenvalue weighted by atomic mass is 10.1. The second kappa shape index (κ2) is 3.92. The van der Waals surface area contributed by atoms with Crippen LogP contribution in [0.3, 0.4) is 0 Å². The molecule has 2 heterocycles. The molecule has 0 aliphatic rings. The number of nitrogens with zero attached hydrogens (tertiary/aromatic N) is 3. The third-order valence-corrected chi connectivity index (χ3v) is 2.72. The average Bonchev–Trinajstić information content (AvgIpc) is 2.82. The predicted molar refractivity (Wildman–Crippen MR) is 66.0 cm³/mol. The summed E-state index contributed by atoms with van der Waals surface area (Å²) in [5.74, 6) is 0. The zero-order valence-electron chi connectivity index (χ0n) is 9.20. The molecule has 0 fully saturated rings. The number of benzene rings is 1. The Morgan fingerprint density at radius 3 is 3.06 bits per heavy atom. The maximum atomic E-state index is 10.8. The molecule has 0 radical (unpaired) electrons. The van der Waals surface area contributed by atoms with Crippen LogP contribution in [-0.4, -0.2) is 19.9 Å². The van der Waals surface area contributed by atoms with Crippen LogP contribution in [0.5, 0.6) is 0 Å². The number of hydrogen-bond donors (Lipinski definition) is 1. The van der Waals surface area contributed by atoms with Crippen LogP contribution in [0.1, 0.15) is 0 Å². The number of H-pyrrole nitrogens is 1. The lowest BCUT2D eigenvalue weighted by molar-refractivity contribution is -0.384. The van der Waals surface area contributed by atoms with Gasteiger partial charge in [-0.05, 0) is 5.56 Å². The van der Waals surface area contributed by atoms with Crippen molar-refractivity contribution in [3.63, 3.8) is 0 Å². The first-order valence-corrected chi connectivity index (χ1v) is 5.27. The van der Waals surface area contributed by atoms with E-state index in [4.69, 9.17) is 0 Å². The van der Waals surface area contributed by atoms with E-state index in [1.165, 1.54) is 18.5 Å². The van der Waals surface area contributed by atoms with Crippen molar-refractivity contribution in [2.75, 3.05) is 0 Å². The summed E-state index contributed by atoms with van der Waals surface area (Å²) < 4.78 is 0. The monoisotopic (exact) mass is 240 g/mol. The molecule has 0 bridgehead atoms. The highest BCUT2D eigenvalue weighted by atomic mass is 16.6. The van der Waals surface area contributed by atoms with Crippen LogP contribution in [0.15, 0.2) is 43.0 Å². The summed E-state index contributed by atoms with van der Waals surface area (Å²) in [5, 5.41) is 11.6. The molecule has 0 saturated carbocycles. The molecule has 0 spiro atoms. The van der Waals surface area contributed by atoms with Gasteiger partial charge in [-0.1, -0.05) is 12.1 Å². The molecule has 3 rings (SSSR count). The molecule has 3 aromatic rings. The van der Waals surface area contributed by atoms with Gasteiger partial charge in [0.05, 0.1) is 4.92 Å². The maximum Gasteiger partial charge on any atom is 0.270 e. The van der Waals surface area contributed by atoms with Gasteiger partial charge in [-0.3, -0.25) is 10.1 Å². The Hall–Kier alpha value is -2.76. The summed E-state index contributed by atoms with van der Waals surface area (Å²) in [6.07, 6.45) is 4.92. The van der Waals surface area contributed by atoms with Crippen LogP contribution < -0.4 is 0 Å². The van der Waals surface area contributed by atoms with E-state index in [-0.39, 0.29) is 5.69 Å². The molecule has 0 aliphatic carbocycles. The Morgan fingerprint density at radius 1 is 1.33 bits per heavy atom. The molecule has 0 saturated heterocycles. The first-order valence-electron chi connectivity index (χ1n) is 5.27. The summed E-state index contributed by atoms with van der Waals surface area (Å²) in [6, 6.07) is 6.49. The van der Waals surface area contributed by atoms with E-state index in [1.54, 1.807) is 18.5 Å². The first-order chi connectivity index (χ1) is 8.75. The van der Waals surface area contributed by atoms with Crippen molar-refractivity contribution in [2.45, 2.75) is 0 Å². The fraction of sp³-hybridized carbons (Fsp3) is 0. The number of aromatic nitrogens is 3. The van der Waals surface area contributed by atoms with Crippen LogP contribution >= 0.6 is 0 Å². The number of hydrogen-bond acceptors (Lipinski definition) is 4. The minimum atomic E-state index is -0.408. The van der Waals surface area contributed by atoms with Crippen LogP contribution in [-0.2, 0) is 0 Å². The summed E-state index contributed by atoms with van der Waals surface area (Å²) in [5.41, 5.74) is 2.41. The minimum Gasteiger partial charge on any atom is -0.345 e. The lowest BCUT2D eigenvalue weighted by Gasteiger charge is -1.98. The van der Waals surface area contributed by atoms with E-state index in [9.17, 15) is 10.1 Å². The number of fused-ring (bicyclic) bond motifs is 1. The fourth-order valence-electron chi connectivity index (χ4n) is 1.89. The van der Waals surface area contributed by atoms with Gasteiger partial charge in [0.2, 0.25) is 0 Å². The van der Waals surface area contributed by atoms with Crippen molar-refractivity contribution < 1.29 is 4.92 Å². The minimum absolute atomic E-state index is 0.0682. The Bertz CT molecular complexity index is 736. The van der Waals surface area contributed by atoms with E-state index in [1.807, 2.05) is 6.07 Å². The lowest BCUT2D eigenvalue weighted by Crippen LogP contribution is -1.87. The number of non-ortho nitro benzene ring substituents is 1. The predicted octanol–water partition coefficient (Wildman–Crippen LogP) is 2.53. The van der Waals surface area contributed by atoms with Crippen molar-refractivity contribution in [3.05, 3.63) is 53.1 Å². The van der Waals surface area contributed by atoms with Gasteiger partial charge in [-0.15, -0.1) is 0 Å². The van der Waals surface area contributed by atoms with Gasteiger partial charge < -0.3 is 4.98 Å². The van der Waals surface area contributed by atoms with Crippen molar-refractivity contribution in [2.24, 2.45) is 0 Å². The van der Waals surface area contributed by atoms with Crippen LogP contribution in [0.2, 0.25) is 0 Å². The molecule has 0 atom stereocenters. The zero-order valence-corrected chi connectivity index (χ0v) is 9.20. The van der Waals surface area contributed by atoms with Gasteiger partial charge in [0.1, 0.15) is 12.0 Å². The molecule has 18 heavy (non-hydrogen) atoms. The SMILES string of the molecule is O=[N+]([O-])c1cccc(-c2c[nH]c3ncncc23)c1. The quantitative estimate of drug-likeness (QED) is 0.551. The Balaban J connectivity index is 2.20. The Labute approximate surface area is 101 Å². The number of nitro benzene ring substituents is 1. The molecule has 6 nitrogen and oxygen atoms in total.